The van der Waals surface area contributed by atoms with Crippen LogP contribution in [0.1, 0.15) is 22.0 Å². The number of hydrogen-bond acceptors (Lipinski definition) is 4. The van der Waals surface area contributed by atoms with Crippen molar-refractivity contribution in [2.24, 2.45) is 7.05 Å². The van der Waals surface area contributed by atoms with Gasteiger partial charge in [0, 0.05) is 19.3 Å². The van der Waals surface area contributed by atoms with Gasteiger partial charge in [-0.2, -0.15) is 5.10 Å². The van der Waals surface area contributed by atoms with Crippen LogP contribution in [0.4, 0.5) is 0 Å². The summed E-state index contributed by atoms with van der Waals surface area (Å²) in [6.07, 6.45) is 4.73. The maximum atomic E-state index is 12.0. The zero-order chi connectivity index (χ0) is 17.8. The molecule has 3 rings (SSSR count). The van der Waals surface area contributed by atoms with E-state index in [1.807, 2.05) is 0 Å². The molecule has 0 atom stereocenters. The van der Waals surface area contributed by atoms with Crippen LogP contribution < -0.4 is 4.74 Å². The highest BCUT2D eigenvalue weighted by atomic mass is 35.5. The van der Waals surface area contributed by atoms with Crippen LogP contribution in [-0.2, 0) is 13.7 Å². The third-order valence-electron chi connectivity index (χ3n) is 3.32. The zero-order valence-corrected chi connectivity index (χ0v) is 14.8. The van der Waals surface area contributed by atoms with Gasteiger partial charge in [0.05, 0.1) is 10.0 Å². The van der Waals surface area contributed by atoms with Crippen molar-refractivity contribution in [2.45, 2.75) is 6.61 Å². The van der Waals surface area contributed by atoms with Gasteiger partial charge in [-0.1, -0.05) is 23.2 Å². The van der Waals surface area contributed by atoms with E-state index in [9.17, 15) is 4.79 Å². The predicted octanol–water partition coefficient (Wildman–Crippen LogP) is 4.80. The molecule has 3 aromatic rings. The summed E-state index contributed by atoms with van der Waals surface area (Å²) in [5.74, 6) is 1.58. The van der Waals surface area contributed by atoms with Crippen molar-refractivity contribution in [3.63, 3.8) is 0 Å². The van der Waals surface area contributed by atoms with Gasteiger partial charge in [0.2, 0.25) is 5.78 Å². The highest BCUT2D eigenvalue weighted by Gasteiger charge is 2.06. The topological polar surface area (TPSA) is 57.3 Å². The Morgan fingerprint density at radius 2 is 2.08 bits per heavy atom. The van der Waals surface area contributed by atoms with Crippen LogP contribution in [0.3, 0.4) is 0 Å². The van der Waals surface area contributed by atoms with Crippen molar-refractivity contribution in [1.29, 1.82) is 0 Å². The molecule has 0 aliphatic rings. The van der Waals surface area contributed by atoms with Gasteiger partial charge in [-0.05, 0) is 42.5 Å². The van der Waals surface area contributed by atoms with E-state index in [1.54, 1.807) is 60.4 Å². The molecule has 0 unspecified atom stereocenters. The van der Waals surface area contributed by atoms with Crippen LogP contribution in [0.2, 0.25) is 10.0 Å². The van der Waals surface area contributed by atoms with Crippen molar-refractivity contribution in [1.82, 2.24) is 9.78 Å². The number of hydrogen-bond donors (Lipinski definition) is 0. The molecule has 0 saturated carbocycles. The Bertz CT molecular complexity index is 928. The molecule has 25 heavy (non-hydrogen) atoms. The molecule has 0 amide bonds. The maximum Gasteiger partial charge on any atom is 0.206 e. The third-order valence-corrected chi connectivity index (χ3v) is 4.06. The molecular formula is C18H14Cl2N2O3. The van der Waals surface area contributed by atoms with Gasteiger partial charge in [0.1, 0.15) is 29.6 Å². The lowest BCUT2D eigenvalue weighted by Crippen LogP contribution is -1.97. The molecule has 0 radical (unpaired) electrons. The number of aromatic nitrogens is 2. The second-order valence-electron chi connectivity index (χ2n) is 5.24. The van der Waals surface area contributed by atoms with Gasteiger partial charge in [0.15, 0.2) is 0 Å². The lowest BCUT2D eigenvalue weighted by molar-refractivity contribution is 0.104. The summed E-state index contributed by atoms with van der Waals surface area (Å²) in [6, 6.07) is 10.2. The second-order valence-corrected chi connectivity index (χ2v) is 6.06. The first-order valence-electron chi connectivity index (χ1n) is 7.40. The van der Waals surface area contributed by atoms with Gasteiger partial charge in [0.25, 0.3) is 0 Å². The summed E-state index contributed by atoms with van der Waals surface area (Å²) in [6.45, 7) is 0.236. The standard InChI is InChI=1S/C18H14Cl2N2O3/c1-22-9-8-17(21-22)18(23)7-5-12-2-3-14(25-12)11-24-13-4-6-15(19)16(20)10-13/h2-10H,11H2,1H3. The predicted molar refractivity (Wildman–Crippen MR) is 96.1 cm³/mol. The maximum absolute atomic E-state index is 12.0. The van der Waals surface area contributed by atoms with Crippen molar-refractivity contribution in [3.8, 4) is 5.75 Å². The molecule has 2 heterocycles. The number of allylic oxidation sites excluding steroid dienone is 1. The van der Waals surface area contributed by atoms with E-state index in [0.717, 1.165) is 0 Å². The third kappa shape index (κ3) is 4.53. The average Bonchev–Trinajstić information content (AvgIpc) is 3.23. The Labute approximate surface area is 154 Å². The normalized spacial score (nSPS) is 11.2. The van der Waals surface area contributed by atoms with Gasteiger partial charge in [-0.25, -0.2) is 0 Å². The molecule has 0 fully saturated rings. The molecule has 0 spiro atoms. The average molecular weight is 377 g/mol. The van der Waals surface area contributed by atoms with E-state index in [0.29, 0.717) is 33.0 Å². The summed E-state index contributed by atoms with van der Waals surface area (Å²) in [5.41, 5.74) is 0.383. The van der Waals surface area contributed by atoms with Crippen molar-refractivity contribution >= 4 is 35.1 Å². The number of carbonyl (C=O) groups excluding carboxylic acids is 1. The number of ketones is 1. The Morgan fingerprint density at radius 3 is 2.80 bits per heavy atom. The lowest BCUT2D eigenvalue weighted by atomic mass is 10.2. The molecule has 128 valence electrons. The van der Waals surface area contributed by atoms with E-state index in [-0.39, 0.29) is 12.4 Å². The first-order valence-corrected chi connectivity index (χ1v) is 8.15. The summed E-state index contributed by atoms with van der Waals surface area (Å²) >= 11 is 11.8. The minimum Gasteiger partial charge on any atom is -0.486 e. The second kappa shape index (κ2) is 7.59. The molecule has 0 saturated heterocycles. The van der Waals surface area contributed by atoms with Gasteiger partial charge in [-0.15, -0.1) is 0 Å². The van der Waals surface area contributed by atoms with E-state index < -0.39 is 0 Å². The molecule has 0 N–H and O–H groups in total. The summed E-state index contributed by atoms with van der Waals surface area (Å²) in [7, 11) is 1.76. The number of benzene rings is 1. The highest BCUT2D eigenvalue weighted by Crippen LogP contribution is 2.26. The number of rotatable bonds is 6. The van der Waals surface area contributed by atoms with Gasteiger partial charge in [-0.3, -0.25) is 9.48 Å². The zero-order valence-electron chi connectivity index (χ0n) is 13.3. The van der Waals surface area contributed by atoms with Gasteiger partial charge >= 0.3 is 0 Å². The molecule has 0 bridgehead atoms. The fourth-order valence-electron chi connectivity index (χ4n) is 2.07. The summed E-state index contributed by atoms with van der Waals surface area (Å²) in [4.78, 5) is 12.0. The van der Waals surface area contributed by atoms with E-state index in [4.69, 9.17) is 32.4 Å². The van der Waals surface area contributed by atoms with Crippen LogP contribution in [0.5, 0.6) is 5.75 Å². The lowest BCUT2D eigenvalue weighted by Gasteiger charge is -2.05. The Hall–Kier alpha value is -2.50. The number of ether oxygens (including phenoxy) is 1. The van der Waals surface area contributed by atoms with Crippen LogP contribution in [0.25, 0.3) is 6.08 Å². The Kier molecular flexibility index (Phi) is 5.26. The van der Waals surface area contributed by atoms with Crippen molar-refractivity contribution in [2.75, 3.05) is 0 Å². The molecule has 0 aliphatic heterocycles. The molecule has 7 heteroatoms. The largest absolute Gasteiger partial charge is 0.486 e. The Balaban J connectivity index is 1.59. The fourth-order valence-corrected chi connectivity index (χ4v) is 2.36. The monoisotopic (exact) mass is 376 g/mol. The molecular weight excluding hydrogens is 363 g/mol. The van der Waals surface area contributed by atoms with E-state index >= 15 is 0 Å². The number of furan rings is 1. The minimum atomic E-state index is -0.189. The van der Waals surface area contributed by atoms with Crippen molar-refractivity contribution in [3.05, 3.63) is 75.9 Å². The van der Waals surface area contributed by atoms with Crippen LogP contribution in [-0.4, -0.2) is 15.6 Å². The van der Waals surface area contributed by atoms with E-state index in [2.05, 4.69) is 5.10 Å². The highest BCUT2D eigenvalue weighted by molar-refractivity contribution is 6.42. The van der Waals surface area contributed by atoms with Gasteiger partial charge < -0.3 is 9.15 Å². The number of aryl methyl sites for hydroxylation is 1. The quantitative estimate of drug-likeness (QED) is 0.458. The summed E-state index contributed by atoms with van der Waals surface area (Å²) < 4.78 is 12.8. The van der Waals surface area contributed by atoms with Crippen LogP contribution in [0, 0.1) is 0 Å². The number of halogens is 2. The SMILES string of the molecule is Cn1ccc(C(=O)C=Cc2ccc(COc3ccc(Cl)c(Cl)c3)o2)n1. The number of carbonyl (C=O) groups is 1. The molecule has 1 aromatic carbocycles. The fraction of sp³-hybridized carbons (Fsp3) is 0.111. The van der Waals surface area contributed by atoms with Crippen LogP contribution >= 0.6 is 23.2 Å². The first kappa shape index (κ1) is 17.3. The van der Waals surface area contributed by atoms with Crippen molar-refractivity contribution < 1.29 is 13.9 Å². The molecule has 2 aromatic heterocycles. The van der Waals surface area contributed by atoms with Crippen LogP contribution in [0.15, 0.2) is 53.1 Å². The number of nitrogens with zero attached hydrogens (tertiary/aromatic N) is 2. The molecule has 5 nitrogen and oxygen atoms in total. The smallest absolute Gasteiger partial charge is 0.206 e. The minimum absolute atomic E-state index is 0.189. The first-order chi connectivity index (χ1) is 12.0. The summed E-state index contributed by atoms with van der Waals surface area (Å²) in [5, 5.41) is 4.95. The van der Waals surface area contributed by atoms with E-state index in [1.165, 1.54) is 6.08 Å². The Morgan fingerprint density at radius 1 is 1.24 bits per heavy atom. The molecule has 0 aliphatic carbocycles.